The molecule has 0 aromatic heterocycles. The molecule has 1 aromatic rings. The Morgan fingerprint density at radius 3 is 2.75 bits per heavy atom. The number of piperidine rings is 1. The lowest BCUT2D eigenvalue weighted by Crippen LogP contribution is -2.47. The van der Waals surface area contributed by atoms with Crippen molar-refractivity contribution in [2.24, 2.45) is 5.73 Å². The van der Waals surface area contributed by atoms with Crippen molar-refractivity contribution in [1.29, 1.82) is 0 Å². The molecule has 1 heterocycles. The van der Waals surface area contributed by atoms with Gasteiger partial charge in [-0.15, -0.1) is 0 Å². The summed E-state index contributed by atoms with van der Waals surface area (Å²) < 4.78 is 10.8. The van der Waals surface area contributed by atoms with Crippen LogP contribution in [-0.2, 0) is 16.0 Å². The fraction of sp³-hybridized carbons (Fsp3) is 0.632. The molecule has 0 spiro atoms. The van der Waals surface area contributed by atoms with E-state index in [0.717, 1.165) is 44.6 Å². The van der Waals surface area contributed by atoms with E-state index in [1.807, 2.05) is 17.0 Å². The van der Waals surface area contributed by atoms with Crippen molar-refractivity contribution in [3.63, 3.8) is 0 Å². The quantitative estimate of drug-likeness (QED) is 0.704. The number of hydrogen-bond acceptors (Lipinski definition) is 4. The zero-order valence-electron chi connectivity index (χ0n) is 14.7. The molecule has 1 unspecified atom stereocenters. The van der Waals surface area contributed by atoms with E-state index >= 15 is 0 Å². The van der Waals surface area contributed by atoms with Crippen LogP contribution >= 0.6 is 0 Å². The Morgan fingerprint density at radius 2 is 2.04 bits per heavy atom. The zero-order valence-corrected chi connectivity index (χ0v) is 14.7. The van der Waals surface area contributed by atoms with Crippen LogP contribution in [0.4, 0.5) is 0 Å². The van der Waals surface area contributed by atoms with Crippen molar-refractivity contribution in [1.82, 2.24) is 4.90 Å². The summed E-state index contributed by atoms with van der Waals surface area (Å²) in [6.45, 7) is 2.70. The number of carbonyl (C=O) groups excluding carboxylic acids is 1. The van der Waals surface area contributed by atoms with Crippen LogP contribution in [0.15, 0.2) is 24.3 Å². The second-order valence-corrected chi connectivity index (χ2v) is 6.31. The third kappa shape index (κ3) is 5.80. The maximum atomic E-state index is 12.3. The van der Waals surface area contributed by atoms with Gasteiger partial charge in [0, 0.05) is 32.7 Å². The molecule has 2 N–H and O–H groups in total. The Hall–Kier alpha value is -1.59. The molecule has 134 valence electrons. The van der Waals surface area contributed by atoms with Gasteiger partial charge in [0.25, 0.3) is 0 Å². The molecule has 2 rings (SSSR count). The first kappa shape index (κ1) is 18.7. The average Bonchev–Trinajstić information content (AvgIpc) is 2.64. The van der Waals surface area contributed by atoms with E-state index < -0.39 is 0 Å². The number of nitrogens with two attached hydrogens (primary N) is 1. The molecule has 0 aliphatic carbocycles. The number of nitrogens with zero attached hydrogens (tertiary/aromatic N) is 1. The van der Waals surface area contributed by atoms with Gasteiger partial charge >= 0.3 is 0 Å². The van der Waals surface area contributed by atoms with E-state index in [1.54, 1.807) is 7.11 Å². The van der Waals surface area contributed by atoms with Crippen LogP contribution in [0.1, 0.15) is 37.7 Å². The Kier molecular flexibility index (Phi) is 8.05. The molecule has 1 atom stereocenters. The predicted octanol–water partition coefficient (Wildman–Crippen LogP) is 2.37. The minimum atomic E-state index is 0.212. The molecule has 0 radical (unpaired) electrons. The highest BCUT2D eigenvalue weighted by Gasteiger charge is 2.24. The Balaban J connectivity index is 1.67. The van der Waals surface area contributed by atoms with Gasteiger partial charge in [0.2, 0.25) is 5.91 Å². The number of amides is 1. The monoisotopic (exact) mass is 334 g/mol. The molecule has 5 nitrogen and oxygen atoms in total. The first-order valence-electron chi connectivity index (χ1n) is 8.95. The summed E-state index contributed by atoms with van der Waals surface area (Å²) in [5.41, 5.74) is 7.01. The standard InChI is InChI=1S/C19H30N2O3/c1-23-14-11-16-7-9-18(10-8-16)24-13-4-6-19(22)21-12-3-2-5-17(21)15-20/h7-10,17H,2-6,11-15,20H2,1H3. The van der Waals surface area contributed by atoms with E-state index in [-0.39, 0.29) is 11.9 Å². The van der Waals surface area contributed by atoms with Crippen molar-refractivity contribution < 1.29 is 14.3 Å². The molecule has 1 fully saturated rings. The van der Waals surface area contributed by atoms with E-state index in [0.29, 0.717) is 19.6 Å². The van der Waals surface area contributed by atoms with Gasteiger partial charge in [-0.3, -0.25) is 4.79 Å². The fourth-order valence-electron chi connectivity index (χ4n) is 3.10. The van der Waals surface area contributed by atoms with Gasteiger partial charge in [0.05, 0.1) is 13.2 Å². The van der Waals surface area contributed by atoms with Crippen LogP contribution in [0.2, 0.25) is 0 Å². The van der Waals surface area contributed by atoms with E-state index in [2.05, 4.69) is 12.1 Å². The average molecular weight is 334 g/mol. The van der Waals surface area contributed by atoms with Gasteiger partial charge < -0.3 is 20.1 Å². The summed E-state index contributed by atoms with van der Waals surface area (Å²) in [6.07, 6.45) is 5.47. The highest BCUT2D eigenvalue weighted by molar-refractivity contribution is 5.76. The van der Waals surface area contributed by atoms with Crippen molar-refractivity contribution in [2.45, 2.75) is 44.6 Å². The summed E-state index contributed by atoms with van der Waals surface area (Å²) in [5.74, 6) is 1.06. The molecular weight excluding hydrogens is 304 g/mol. The summed E-state index contributed by atoms with van der Waals surface area (Å²) >= 11 is 0. The Bertz CT molecular complexity index is 490. The van der Waals surface area contributed by atoms with Crippen LogP contribution in [-0.4, -0.2) is 50.3 Å². The maximum Gasteiger partial charge on any atom is 0.222 e. The highest BCUT2D eigenvalue weighted by Crippen LogP contribution is 2.18. The normalized spacial score (nSPS) is 17.8. The lowest BCUT2D eigenvalue weighted by molar-refractivity contribution is -0.134. The maximum absolute atomic E-state index is 12.3. The minimum Gasteiger partial charge on any atom is -0.494 e. The van der Waals surface area contributed by atoms with E-state index in [4.69, 9.17) is 15.2 Å². The third-order valence-corrected chi connectivity index (χ3v) is 4.54. The van der Waals surface area contributed by atoms with Crippen molar-refractivity contribution >= 4 is 5.91 Å². The number of ether oxygens (including phenoxy) is 2. The summed E-state index contributed by atoms with van der Waals surface area (Å²) in [4.78, 5) is 14.3. The summed E-state index contributed by atoms with van der Waals surface area (Å²) in [6, 6.07) is 8.29. The molecule has 0 bridgehead atoms. The number of methoxy groups -OCH3 is 1. The van der Waals surface area contributed by atoms with Crippen LogP contribution in [0.25, 0.3) is 0 Å². The van der Waals surface area contributed by atoms with Gasteiger partial charge in [0.15, 0.2) is 0 Å². The molecule has 0 saturated carbocycles. The molecule has 1 amide bonds. The van der Waals surface area contributed by atoms with Crippen molar-refractivity contribution in [3.8, 4) is 5.75 Å². The number of likely N-dealkylation sites (tertiary alicyclic amines) is 1. The lowest BCUT2D eigenvalue weighted by atomic mass is 10.0. The van der Waals surface area contributed by atoms with Crippen molar-refractivity contribution in [3.05, 3.63) is 29.8 Å². The zero-order chi connectivity index (χ0) is 17.2. The number of carbonyl (C=O) groups is 1. The van der Waals surface area contributed by atoms with Crippen molar-refractivity contribution in [2.75, 3.05) is 33.4 Å². The fourth-order valence-corrected chi connectivity index (χ4v) is 3.10. The second kappa shape index (κ2) is 10.3. The topological polar surface area (TPSA) is 64.8 Å². The van der Waals surface area contributed by atoms with Gasteiger partial charge in [-0.25, -0.2) is 0 Å². The molecule has 5 heteroatoms. The van der Waals surface area contributed by atoms with E-state index in [9.17, 15) is 4.79 Å². The highest BCUT2D eigenvalue weighted by atomic mass is 16.5. The minimum absolute atomic E-state index is 0.212. The predicted molar refractivity (Wildman–Crippen MR) is 95.2 cm³/mol. The van der Waals surface area contributed by atoms with Gasteiger partial charge in [-0.1, -0.05) is 12.1 Å². The van der Waals surface area contributed by atoms with Gasteiger partial charge in [0.1, 0.15) is 5.75 Å². The molecule has 1 aromatic carbocycles. The molecule has 1 aliphatic heterocycles. The summed E-state index contributed by atoms with van der Waals surface area (Å²) in [5, 5.41) is 0. The third-order valence-electron chi connectivity index (χ3n) is 4.54. The number of benzene rings is 1. The van der Waals surface area contributed by atoms with Crippen LogP contribution in [0, 0.1) is 0 Å². The largest absolute Gasteiger partial charge is 0.494 e. The summed E-state index contributed by atoms with van der Waals surface area (Å²) in [7, 11) is 1.71. The number of rotatable bonds is 9. The van der Waals surface area contributed by atoms with E-state index in [1.165, 1.54) is 12.0 Å². The molecule has 24 heavy (non-hydrogen) atoms. The Morgan fingerprint density at radius 1 is 1.25 bits per heavy atom. The smallest absolute Gasteiger partial charge is 0.222 e. The van der Waals surface area contributed by atoms with Gasteiger partial charge in [-0.2, -0.15) is 0 Å². The first-order chi connectivity index (χ1) is 11.7. The van der Waals surface area contributed by atoms with Crippen LogP contribution in [0.3, 0.4) is 0 Å². The van der Waals surface area contributed by atoms with Crippen LogP contribution in [0.5, 0.6) is 5.75 Å². The first-order valence-corrected chi connectivity index (χ1v) is 8.95. The SMILES string of the molecule is COCCc1ccc(OCCCC(=O)N2CCCCC2CN)cc1. The molecular formula is C19H30N2O3. The molecule has 1 aliphatic rings. The van der Waals surface area contributed by atoms with Crippen LogP contribution < -0.4 is 10.5 Å². The second-order valence-electron chi connectivity index (χ2n) is 6.31. The van der Waals surface area contributed by atoms with Gasteiger partial charge in [-0.05, 0) is 49.8 Å². The molecule has 1 saturated heterocycles. The number of hydrogen-bond donors (Lipinski definition) is 1. The Labute approximate surface area is 145 Å². The lowest BCUT2D eigenvalue weighted by Gasteiger charge is -2.35.